The summed E-state index contributed by atoms with van der Waals surface area (Å²) >= 11 is 0. The zero-order chi connectivity index (χ0) is 8.85. The molecule has 11 heavy (non-hydrogen) atoms. The number of hydrogen-bond donors (Lipinski definition) is 0. The topological polar surface area (TPSA) is 17.1 Å². The van der Waals surface area contributed by atoms with E-state index in [-0.39, 0.29) is 5.92 Å². The van der Waals surface area contributed by atoms with E-state index in [1.807, 2.05) is 19.9 Å². The molecule has 0 saturated heterocycles. The van der Waals surface area contributed by atoms with Gasteiger partial charge in [-0.05, 0) is 26.2 Å². The van der Waals surface area contributed by atoms with Gasteiger partial charge in [-0.15, -0.1) is 0 Å². The van der Waals surface area contributed by atoms with E-state index in [0.29, 0.717) is 5.92 Å². The minimum atomic E-state index is 0.125. The molecule has 1 nitrogen and oxygen atoms in total. The molecule has 0 aromatic heterocycles. The first-order valence-electron chi connectivity index (χ1n) is 4.16. The second kappa shape index (κ2) is 5.11. The number of aldehydes is 1. The van der Waals surface area contributed by atoms with E-state index in [0.717, 1.165) is 12.7 Å². The van der Waals surface area contributed by atoms with Crippen molar-refractivity contribution in [3.63, 3.8) is 0 Å². The van der Waals surface area contributed by atoms with Crippen LogP contribution in [0.4, 0.5) is 0 Å². The summed E-state index contributed by atoms with van der Waals surface area (Å²) in [7, 11) is 0. The second-order valence-corrected chi connectivity index (χ2v) is 3.67. The van der Waals surface area contributed by atoms with Crippen LogP contribution >= 0.6 is 0 Å². The predicted molar refractivity (Wildman–Crippen MR) is 48.4 cm³/mol. The third-order valence-corrected chi connectivity index (χ3v) is 1.47. The van der Waals surface area contributed by atoms with Crippen molar-refractivity contribution in [2.45, 2.75) is 34.1 Å². The Morgan fingerprint density at radius 2 is 1.91 bits per heavy atom. The first kappa shape index (κ1) is 10.4. The standard InChI is InChI=1S/C10H18O/c1-8(2)5-10(7-11)6-9(3)4/h5,7,9-10H,6H2,1-4H3. The molecule has 0 aliphatic heterocycles. The third-order valence-electron chi connectivity index (χ3n) is 1.47. The molecule has 1 heteroatoms. The van der Waals surface area contributed by atoms with Crippen molar-refractivity contribution >= 4 is 6.29 Å². The lowest BCUT2D eigenvalue weighted by Gasteiger charge is -2.08. The molecule has 0 aromatic carbocycles. The van der Waals surface area contributed by atoms with Crippen molar-refractivity contribution in [2.24, 2.45) is 11.8 Å². The lowest BCUT2D eigenvalue weighted by atomic mass is 9.97. The van der Waals surface area contributed by atoms with Gasteiger partial charge in [0.05, 0.1) is 0 Å². The molecule has 0 spiro atoms. The van der Waals surface area contributed by atoms with Crippen LogP contribution in [0.25, 0.3) is 0 Å². The highest BCUT2D eigenvalue weighted by Gasteiger charge is 2.05. The number of allylic oxidation sites excluding steroid dienone is 2. The van der Waals surface area contributed by atoms with Crippen LogP contribution in [0.1, 0.15) is 34.1 Å². The fraction of sp³-hybridized carbons (Fsp3) is 0.700. The van der Waals surface area contributed by atoms with Crippen molar-refractivity contribution < 1.29 is 4.79 Å². The van der Waals surface area contributed by atoms with Gasteiger partial charge < -0.3 is 4.79 Å². The second-order valence-electron chi connectivity index (χ2n) is 3.67. The normalized spacial score (nSPS) is 12.8. The summed E-state index contributed by atoms with van der Waals surface area (Å²) in [5.74, 6) is 0.723. The summed E-state index contributed by atoms with van der Waals surface area (Å²) < 4.78 is 0. The molecule has 0 heterocycles. The van der Waals surface area contributed by atoms with Gasteiger partial charge in [-0.2, -0.15) is 0 Å². The third kappa shape index (κ3) is 5.84. The van der Waals surface area contributed by atoms with Gasteiger partial charge in [-0.3, -0.25) is 0 Å². The Labute approximate surface area is 69.5 Å². The Bertz CT molecular complexity index is 141. The molecular weight excluding hydrogens is 136 g/mol. The highest BCUT2D eigenvalue weighted by molar-refractivity contribution is 5.56. The van der Waals surface area contributed by atoms with Crippen LogP contribution in [-0.4, -0.2) is 6.29 Å². The molecule has 0 radical (unpaired) electrons. The molecule has 1 atom stereocenters. The predicted octanol–water partition coefficient (Wildman–Crippen LogP) is 2.81. The van der Waals surface area contributed by atoms with E-state index in [1.165, 1.54) is 5.57 Å². The maximum absolute atomic E-state index is 10.5. The molecule has 0 rings (SSSR count). The molecule has 1 unspecified atom stereocenters. The van der Waals surface area contributed by atoms with E-state index < -0.39 is 0 Å². The largest absolute Gasteiger partial charge is 0.303 e. The van der Waals surface area contributed by atoms with Gasteiger partial charge in [0.1, 0.15) is 6.29 Å². The molecule has 0 aliphatic rings. The lowest BCUT2D eigenvalue weighted by molar-refractivity contribution is -0.110. The van der Waals surface area contributed by atoms with Crippen LogP contribution in [0, 0.1) is 11.8 Å². The maximum atomic E-state index is 10.5. The average Bonchev–Trinajstić information content (AvgIpc) is 1.84. The highest BCUT2D eigenvalue weighted by atomic mass is 16.1. The van der Waals surface area contributed by atoms with E-state index in [4.69, 9.17) is 0 Å². The quantitative estimate of drug-likeness (QED) is 0.449. The Morgan fingerprint density at radius 3 is 2.18 bits per heavy atom. The zero-order valence-corrected chi connectivity index (χ0v) is 7.92. The van der Waals surface area contributed by atoms with Crippen molar-refractivity contribution in [1.82, 2.24) is 0 Å². The Morgan fingerprint density at radius 1 is 1.36 bits per heavy atom. The smallest absolute Gasteiger partial charge is 0.126 e. The van der Waals surface area contributed by atoms with Crippen LogP contribution in [0.2, 0.25) is 0 Å². The van der Waals surface area contributed by atoms with Gasteiger partial charge >= 0.3 is 0 Å². The fourth-order valence-electron chi connectivity index (χ4n) is 1.14. The maximum Gasteiger partial charge on any atom is 0.126 e. The number of hydrogen-bond acceptors (Lipinski definition) is 1. The van der Waals surface area contributed by atoms with Gasteiger partial charge in [0.2, 0.25) is 0 Å². The van der Waals surface area contributed by atoms with Gasteiger partial charge in [0.15, 0.2) is 0 Å². The van der Waals surface area contributed by atoms with Crippen molar-refractivity contribution in [2.75, 3.05) is 0 Å². The highest BCUT2D eigenvalue weighted by Crippen LogP contribution is 2.12. The Kier molecular flexibility index (Phi) is 4.84. The Balaban J connectivity index is 3.96. The van der Waals surface area contributed by atoms with E-state index >= 15 is 0 Å². The van der Waals surface area contributed by atoms with Crippen LogP contribution in [0.5, 0.6) is 0 Å². The van der Waals surface area contributed by atoms with Gasteiger partial charge in [-0.1, -0.05) is 25.5 Å². The monoisotopic (exact) mass is 154 g/mol. The molecule has 0 fully saturated rings. The van der Waals surface area contributed by atoms with Crippen molar-refractivity contribution in [3.05, 3.63) is 11.6 Å². The van der Waals surface area contributed by atoms with E-state index in [1.54, 1.807) is 0 Å². The molecule has 0 N–H and O–H groups in total. The first-order chi connectivity index (χ1) is 5.06. The van der Waals surface area contributed by atoms with Crippen molar-refractivity contribution in [3.8, 4) is 0 Å². The molecular formula is C10H18O. The van der Waals surface area contributed by atoms with Crippen LogP contribution in [0.15, 0.2) is 11.6 Å². The van der Waals surface area contributed by atoms with Gasteiger partial charge in [0.25, 0.3) is 0 Å². The first-order valence-corrected chi connectivity index (χ1v) is 4.16. The molecule has 64 valence electrons. The zero-order valence-electron chi connectivity index (χ0n) is 7.92. The average molecular weight is 154 g/mol. The summed E-state index contributed by atoms with van der Waals surface area (Å²) in [4.78, 5) is 10.5. The minimum Gasteiger partial charge on any atom is -0.303 e. The molecule has 0 aromatic rings. The Hall–Kier alpha value is -0.590. The summed E-state index contributed by atoms with van der Waals surface area (Å²) in [5, 5.41) is 0. The molecule has 0 saturated carbocycles. The van der Waals surface area contributed by atoms with Gasteiger partial charge in [0, 0.05) is 5.92 Å². The summed E-state index contributed by atoms with van der Waals surface area (Å²) in [6.07, 6.45) is 4.04. The number of carbonyl (C=O) groups is 1. The van der Waals surface area contributed by atoms with Crippen LogP contribution in [-0.2, 0) is 4.79 Å². The van der Waals surface area contributed by atoms with Gasteiger partial charge in [-0.25, -0.2) is 0 Å². The van der Waals surface area contributed by atoms with Crippen LogP contribution < -0.4 is 0 Å². The lowest BCUT2D eigenvalue weighted by Crippen LogP contribution is -2.02. The number of rotatable bonds is 4. The number of carbonyl (C=O) groups excluding carboxylic acids is 1. The fourth-order valence-corrected chi connectivity index (χ4v) is 1.14. The van der Waals surface area contributed by atoms with Crippen molar-refractivity contribution in [1.29, 1.82) is 0 Å². The molecule has 0 aliphatic carbocycles. The summed E-state index contributed by atoms with van der Waals surface area (Å²) in [6.45, 7) is 8.32. The molecule has 0 bridgehead atoms. The van der Waals surface area contributed by atoms with E-state index in [9.17, 15) is 4.79 Å². The molecule has 0 amide bonds. The van der Waals surface area contributed by atoms with E-state index in [2.05, 4.69) is 13.8 Å². The SMILES string of the molecule is CC(C)=CC(C=O)CC(C)C. The van der Waals surface area contributed by atoms with Crippen LogP contribution in [0.3, 0.4) is 0 Å². The summed E-state index contributed by atoms with van der Waals surface area (Å²) in [6, 6.07) is 0. The summed E-state index contributed by atoms with van der Waals surface area (Å²) in [5.41, 5.74) is 1.22. The minimum absolute atomic E-state index is 0.125.